The maximum Gasteiger partial charge on any atom is 0.410 e. The van der Waals surface area contributed by atoms with Crippen molar-refractivity contribution in [2.75, 3.05) is 32.9 Å². The highest BCUT2D eigenvalue weighted by Gasteiger charge is 2.37. The highest BCUT2D eigenvalue weighted by molar-refractivity contribution is 5.93. The van der Waals surface area contributed by atoms with Crippen LogP contribution in [0.3, 0.4) is 0 Å². The number of carbonyl (C=O) groups is 3. The van der Waals surface area contributed by atoms with Gasteiger partial charge in [0.25, 0.3) is 5.91 Å². The fraction of sp³-hybridized carbons (Fsp3) is 0.842. The third-order valence-electron chi connectivity index (χ3n) is 5.68. The summed E-state index contributed by atoms with van der Waals surface area (Å²) in [6.45, 7) is 3.63. The quantitative estimate of drug-likeness (QED) is 0.769. The first kappa shape index (κ1) is 20.1. The number of carbonyl (C=O) groups excluding carboxylic acids is 3. The van der Waals surface area contributed by atoms with Gasteiger partial charge in [0.1, 0.15) is 12.6 Å². The molecule has 3 aliphatic rings. The maximum atomic E-state index is 12.8. The lowest BCUT2D eigenvalue weighted by Gasteiger charge is -2.30. The van der Waals surface area contributed by atoms with Gasteiger partial charge in [0.15, 0.2) is 11.9 Å². The number of morpholine rings is 1. The van der Waals surface area contributed by atoms with Gasteiger partial charge in [-0.1, -0.05) is 32.1 Å². The van der Waals surface area contributed by atoms with E-state index in [1.165, 1.54) is 6.42 Å². The molecular weight excluding hydrogens is 352 g/mol. The van der Waals surface area contributed by atoms with Crippen LogP contribution in [0.4, 0.5) is 4.79 Å². The molecule has 3 fully saturated rings. The summed E-state index contributed by atoms with van der Waals surface area (Å²) in [6, 6.07) is -0.673. The Bertz CT molecular complexity index is 542. The molecule has 0 aromatic carbocycles. The molecule has 0 aromatic rings. The molecular formula is C19H30N2O6. The zero-order valence-electron chi connectivity index (χ0n) is 16.0. The molecule has 152 valence electrons. The van der Waals surface area contributed by atoms with E-state index >= 15 is 0 Å². The predicted octanol–water partition coefficient (Wildman–Crippen LogP) is 1.27. The molecule has 8 heteroatoms. The molecule has 1 saturated carbocycles. The summed E-state index contributed by atoms with van der Waals surface area (Å²) in [5, 5.41) is 2.74. The standard InChI is InChI=1S/C19H30N2O6/c1-13-17(15(22)12-26-13)20-18(23)16(11-14-5-3-2-4-6-14)27-19(24)21-7-9-25-10-8-21/h13-14,16-17H,2-12H2,1H3,(H,20,23). The van der Waals surface area contributed by atoms with Crippen LogP contribution in [-0.2, 0) is 23.8 Å². The highest BCUT2D eigenvalue weighted by Crippen LogP contribution is 2.28. The number of nitrogens with one attached hydrogen (secondary N) is 1. The Balaban J connectivity index is 1.63. The number of nitrogens with zero attached hydrogens (tertiary/aromatic N) is 1. The second-order valence-electron chi connectivity index (χ2n) is 7.68. The molecule has 27 heavy (non-hydrogen) atoms. The van der Waals surface area contributed by atoms with Crippen LogP contribution in [0.2, 0.25) is 0 Å². The van der Waals surface area contributed by atoms with Crippen LogP contribution in [0.25, 0.3) is 0 Å². The fourth-order valence-corrected chi connectivity index (χ4v) is 3.98. The smallest absolute Gasteiger partial charge is 0.410 e. The Morgan fingerprint density at radius 3 is 2.56 bits per heavy atom. The topological polar surface area (TPSA) is 94.2 Å². The molecule has 8 nitrogen and oxygen atoms in total. The Hall–Kier alpha value is -1.67. The summed E-state index contributed by atoms with van der Waals surface area (Å²) in [7, 11) is 0. The SMILES string of the molecule is CC1OCC(=O)C1NC(=O)C(CC1CCCCC1)OC(=O)N1CCOCC1. The molecule has 0 bridgehead atoms. The number of amides is 2. The van der Waals surface area contributed by atoms with Crippen molar-refractivity contribution in [1.29, 1.82) is 0 Å². The molecule has 2 saturated heterocycles. The van der Waals surface area contributed by atoms with E-state index in [-0.39, 0.29) is 18.5 Å². The van der Waals surface area contributed by atoms with Crippen LogP contribution in [-0.4, -0.2) is 73.8 Å². The van der Waals surface area contributed by atoms with Gasteiger partial charge in [-0.3, -0.25) is 9.59 Å². The summed E-state index contributed by atoms with van der Waals surface area (Å²) in [5.41, 5.74) is 0. The van der Waals surface area contributed by atoms with E-state index in [1.807, 2.05) is 0 Å². The third-order valence-corrected chi connectivity index (χ3v) is 5.68. The molecule has 0 spiro atoms. The molecule has 1 aliphatic carbocycles. The molecule has 2 aliphatic heterocycles. The van der Waals surface area contributed by atoms with E-state index in [1.54, 1.807) is 11.8 Å². The van der Waals surface area contributed by atoms with Crippen LogP contribution in [0.5, 0.6) is 0 Å². The number of ether oxygens (including phenoxy) is 3. The number of rotatable bonds is 5. The average molecular weight is 382 g/mol. The Labute approximate surface area is 159 Å². The van der Waals surface area contributed by atoms with Gasteiger partial charge in [0, 0.05) is 13.1 Å². The lowest BCUT2D eigenvalue weighted by atomic mass is 9.85. The van der Waals surface area contributed by atoms with Gasteiger partial charge in [-0.25, -0.2) is 4.79 Å². The second kappa shape index (κ2) is 9.50. The van der Waals surface area contributed by atoms with Crippen molar-refractivity contribution in [2.45, 2.75) is 63.7 Å². The van der Waals surface area contributed by atoms with E-state index in [0.29, 0.717) is 38.6 Å². The van der Waals surface area contributed by atoms with Crippen molar-refractivity contribution in [1.82, 2.24) is 10.2 Å². The van der Waals surface area contributed by atoms with Gasteiger partial charge < -0.3 is 24.4 Å². The molecule has 1 N–H and O–H groups in total. The van der Waals surface area contributed by atoms with Crippen molar-refractivity contribution >= 4 is 17.8 Å². The average Bonchev–Trinajstić information content (AvgIpc) is 3.01. The first-order valence-electron chi connectivity index (χ1n) is 10.0. The summed E-state index contributed by atoms with van der Waals surface area (Å²) in [4.78, 5) is 38.8. The van der Waals surface area contributed by atoms with Gasteiger partial charge in [0.2, 0.25) is 0 Å². The number of Topliss-reactive ketones (excluding diaryl/α,β-unsaturated/α-hetero) is 1. The van der Waals surface area contributed by atoms with Gasteiger partial charge in [-0.05, 0) is 19.3 Å². The molecule has 2 amide bonds. The summed E-state index contributed by atoms with van der Waals surface area (Å²) < 4.78 is 16.1. The van der Waals surface area contributed by atoms with E-state index in [4.69, 9.17) is 14.2 Å². The number of ketones is 1. The summed E-state index contributed by atoms with van der Waals surface area (Å²) in [5.74, 6) is -0.190. The Morgan fingerprint density at radius 1 is 1.22 bits per heavy atom. The first-order valence-corrected chi connectivity index (χ1v) is 10.0. The fourth-order valence-electron chi connectivity index (χ4n) is 3.98. The third kappa shape index (κ3) is 5.42. The minimum Gasteiger partial charge on any atom is -0.436 e. The zero-order chi connectivity index (χ0) is 19.2. The van der Waals surface area contributed by atoms with Crippen molar-refractivity contribution in [3.8, 4) is 0 Å². The molecule has 0 aromatic heterocycles. The normalized spacial score (nSPS) is 28.0. The van der Waals surface area contributed by atoms with Gasteiger partial charge >= 0.3 is 6.09 Å². The van der Waals surface area contributed by atoms with E-state index in [0.717, 1.165) is 25.7 Å². The lowest BCUT2D eigenvalue weighted by Crippen LogP contribution is -2.51. The van der Waals surface area contributed by atoms with Crippen LogP contribution in [0.15, 0.2) is 0 Å². The van der Waals surface area contributed by atoms with Gasteiger partial charge in [-0.2, -0.15) is 0 Å². The van der Waals surface area contributed by atoms with Crippen molar-refractivity contribution in [3.05, 3.63) is 0 Å². The lowest BCUT2D eigenvalue weighted by molar-refractivity contribution is -0.134. The van der Waals surface area contributed by atoms with Crippen LogP contribution < -0.4 is 5.32 Å². The number of hydrogen-bond donors (Lipinski definition) is 1. The van der Waals surface area contributed by atoms with Gasteiger partial charge in [0.05, 0.1) is 19.3 Å². The zero-order valence-corrected chi connectivity index (χ0v) is 16.0. The maximum absolute atomic E-state index is 12.8. The van der Waals surface area contributed by atoms with Crippen molar-refractivity contribution in [2.24, 2.45) is 5.92 Å². The first-order chi connectivity index (χ1) is 13.0. The molecule has 3 unspecified atom stereocenters. The monoisotopic (exact) mass is 382 g/mol. The second-order valence-corrected chi connectivity index (χ2v) is 7.68. The van der Waals surface area contributed by atoms with Crippen LogP contribution >= 0.6 is 0 Å². The van der Waals surface area contributed by atoms with Crippen LogP contribution in [0, 0.1) is 5.92 Å². The largest absolute Gasteiger partial charge is 0.436 e. The molecule has 3 rings (SSSR count). The molecule has 0 radical (unpaired) electrons. The van der Waals surface area contributed by atoms with Crippen molar-refractivity contribution in [3.63, 3.8) is 0 Å². The highest BCUT2D eigenvalue weighted by atomic mass is 16.6. The summed E-state index contributed by atoms with van der Waals surface area (Å²) >= 11 is 0. The van der Waals surface area contributed by atoms with E-state index in [9.17, 15) is 14.4 Å². The van der Waals surface area contributed by atoms with Crippen LogP contribution in [0.1, 0.15) is 45.4 Å². The van der Waals surface area contributed by atoms with E-state index < -0.39 is 24.1 Å². The predicted molar refractivity (Wildman–Crippen MR) is 96.2 cm³/mol. The Morgan fingerprint density at radius 2 is 1.93 bits per heavy atom. The molecule has 2 heterocycles. The van der Waals surface area contributed by atoms with Crippen molar-refractivity contribution < 1.29 is 28.6 Å². The van der Waals surface area contributed by atoms with Gasteiger partial charge in [-0.15, -0.1) is 0 Å². The minimum absolute atomic E-state index is 0.00692. The van der Waals surface area contributed by atoms with E-state index in [2.05, 4.69) is 5.32 Å². The molecule has 3 atom stereocenters. The summed E-state index contributed by atoms with van der Waals surface area (Å²) in [6.07, 6.45) is 4.34. The minimum atomic E-state index is -0.885. The Kier molecular flexibility index (Phi) is 7.07. The number of hydrogen-bond acceptors (Lipinski definition) is 6.